The quantitative estimate of drug-likeness (QED) is 0.546. The molecule has 0 atom stereocenters. The minimum Gasteiger partial charge on any atom is -0.289 e. The monoisotopic (exact) mass is 310 g/mol. The molecule has 0 aromatic heterocycles. The lowest BCUT2D eigenvalue weighted by molar-refractivity contribution is -0.114. The maximum Gasteiger partial charge on any atom is 0.186 e. The Kier molecular flexibility index (Phi) is 46.4. The topological polar surface area (TPSA) is 34.1 Å². The highest BCUT2D eigenvalue weighted by molar-refractivity contribution is 6.22. The molecule has 0 aromatic rings. The normalized spacial score (nSPS) is 10.5. The highest BCUT2D eigenvalue weighted by Crippen LogP contribution is 2.15. The predicted octanol–water partition coefficient (Wildman–Crippen LogP) is 6.49. The van der Waals surface area contributed by atoms with Gasteiger partial charge in [-0.05, 0) is 12.2 Å². The van der Waals surface area contributed by atoms with Crippen molar-refractivity contribution in [3.8, 4) is 0 Å². The van der Waals surface area contributed by atoms with Crippen molar-refractivity contribution in [1.82, 2.24) is 0 Å². The maximum absolute atomic E-state index is 11.1. The van der Waals surface area contributed by atoms with Gasteiger partial charge in [0.15, 0.2) is 11.6 Å². The second kappa shape index (κ2) is 31.6. The molecule has 0 heterocycles. The van der Waals surface area contributed by atoms with Crippen LogP contribution in [0.1, 0.15) is 69.2 Å². The molecule has 0 aliphatic heterocycles. The Hall–Kier alpha value is -1.70. The zero-order valence-corrected chi connectivity index (χ0v) is 16.5. The van der Waals surface area contributed by atoms with Crippen molar-refractivity contribution in [3.05, 3.63) is 48.6 Å². The second-order valence-electron chi connectivity index (χ2n) is 2.30. The van der Waals surface area contributed by atoms with Gasteiger partial charge in [0, 0.05) is 11.1 Å². The van der Waals surface area contributed by atoms with Crippen LogP contribution in [-0.4, -0.2) is 11.6 Å². The number of carbonyl (C=O) groups is 2. The average molecular weight is 311 g/mol. The van der Waals surface area contributed by atoms with E-state index in [1.54, 1.807) is 0 Å². The van der Waals surface area contributed by atoms with Gasteiger partial charge in [0.05, 0.1) is 0 Å². The van der Waals surface area contributed by atoms with Crippen LogP contribution in [-0.2, 0) is 9.59 Å². The van der Waals surface area contributed by atoms with Crippen LogP contribution in [0.15, 0.2) is 48.6 Å². The van der Waals surface area contributed by atoms with E-state index in [9.17, 15) is 9.59 Å². The van der Waals surface area contributed by atoms with Crippen LogP contribution in [0.25, 0.3) is 0 Å². The Bertz CT molecular complexity index is 300. The van der Waals surface area contributed by atoms with Gasteiger partial charge >= 0.3 is 0 Å². The third-order valence-corrected chi connectivity index (χ3v) is 1.62. The Morgan fingerprint density at radius 1 is 0.591 bits per heavy atom. The molecule has 0 aromatic carbocycles. The first-order valence-electron chi connectivity index (χ1n) is 8.46. The summed E-state index contributed by atoms with van der Waals surface area (Å²) in [7, 11) is 0. The summed E-state index contributed by atoms with van der Waals surface area (Å²) in [4.78, 5) is 22.2. The van der Waals surface area contributed by atoms with Gasteiger partial charge in [-0.15, -0.1) is 0 Å². The molecule has 2 nitrogen and oxygen atoms in total. The Morgan fingerprint density at radius 3 is 0.909 bits per heavy atom. The van der Waals surface area contributed by atoms with E-state index in [1.165, 1.54) is 24.3 Å². The first-order chi connectivity index (χ1) is 10.7. The second-order valence-corrected chi connectivity index (χ2v) is 2.30. The zero-order chi connectivity index (χ0) is 19.1. The van der Waals surface area contributed by atoms with E-state index in [0.29, 0.717) is 11.1 Å². The largest absolute Gasteiger partial charge is 0.289 e. The lowest BCUT2D eigenvalue weighted by Gasteiger charge is -2.06. The molecular weight excluding hydrogens is 272 g/mol. The van der Waals surface area contributed by atoms with Crippen LogP contribution in [0.2, 0.25) is 0 Å². The summed E-state index contributed by atoms with van der Waals surface area (Å²) < 4.78 is 0. The summed E-state index contributed by atoms with van der Waals surface area (Å²) in [5, 5.41) is 0. The predicted molar refractivity (Wildman–Crippen MR) is 103 cm³/mol. The van der Waals surface area contributed by atoms with Crippen LogP contribution >= 0.6 is 0 Å². The van der Waals surface area contributed by atoms with Crippen molar-refractivity contribution in [3.63, 3.8) is 0 Å². The lowest BCUT2D eigenvalue weighted by atomic mass is 9.95. The molecule has 1 aliphatic rings. The molecule has 0 bridgehead atoms. The number of allylic oxidation sites excluding steroid dienone is 6. The molecule has 1 rings (SSSR count). The van der Waals surface area contributed by atoms with Crippen LogP contribution in [0.5, 0.6) is 0 Å². The minimum absolute atomic E-state index is 0.195. The third-order valence-electron chi connectivity index (χ3n) is 1.62. The molecule has 130 valence electrons. The minimum atomic E-state index is -0.195. The number of hydrogen-bond acceptors (Lipinski definition) is 2. The fraction of sp³-hybridized carbons (Fsp3) is 0.500. The van der Waals surface area contributed by atoms with E-state index in [2.05, 4.69) is 13.2 Å². The highest BCUT2D eigenvalue weighted by Gasteiger charge is 2.17. The molecule has 1 aliphatic carbocycles. The summed E-state index contributed by atoms with van der Waals surface area (Å²) in [6.45, 7) is 26.9. The fourth-order valence-corrected chi connectivity index (χ4v) is 1.02. The van der Waals surface area contributed by atoms with E-state index in [4.69, 9.17) is 0 Å². The highest BCUT2D eigenvalue weighted by atomic mass is 16.1. The molecule has 0 N–H and O–H groups in total. The molecular formula is C20H38O2. The first kappa shape index (κ1) is 32.3. The summed E-state index contributed by atoms with van der Waals surface area (Å²) in [6.07, 6.45) is 5.24. The number of ketones is 2. The molecule has 0 spiro atoms. The van der Waals surface area contributed by atoms with Crippen molar-refractivity contribution < 1.29 is 9.59 Å². The van der Waals surface area contributed by atoms with Gasteiger partial charge in [-0.2, -0.15) is 0 Å². The van der Waals surface area contributed by atoms with E-state index < -0.39 is 0 Å². The van der Waals surface area contributed by atoms with Gasteiger partial charge in [-0.3, -0.25) is 9.59 Å². The summed E-state index contributed by atoms with van der Waals surface area (Å²) in [5.74, 6) is -0.390. The SMILES string of the molecule is C=CC1=C(C=C)C(=O)C=CC1=O.CC.CC.CC.CC.CC. The third kappa shape index (κ3) is 14.7. The number of rotatable bonds is 2. The zero-order valence-electron chi connectivity index (χ0n) is 16.5. The molecule has 0 saturated carbocycles. The van der Waals surface area contributed by atoms with Gasteiger partial charge in [-0.25, -0.2) is 0 Å². The summed E-state index contributed by atoms with van der Waals surface area (Å²) in [6, 6.07) is 0. The van der Waals surface area contributed by atoms with E-state index in [1.807, 2.05) is 69.2 Å². The number of hydrogen-bond donors (Lipinski definition) is 0. The van der Waals surface area contributed by atoms with E-state index in [-0.39, 0.29) is 11.6 Å². The summed E-state index contributed by atoms with van der Waals surface area (Å²) in [5.41, 5.74) is 0.662. The Labute approximate surface area is 139 Å². The van der Waals surface area contributed by atoms with Crippen molar-refractivity contribution in [1.29, 1.82) is 0 Å². The molecule has 22 heavy (non-hydrogen) atoms. The lowest BCUT2D eigenvalue weighted by Crippen LogP contribution is -2.11. The molecule has 0 unspecified atom stereocenters. The first-order valence-corrected chi connectivity index (χ1v) is 8.46. The van der Waals surface area contributed by atoms with Crippen LogP contribution < -0.4 is 0 Å². The van der Waals surface area contributed by atoms with Gasteiger partial charge < -0.3 is 0 Å². The fourth-order valence-electron chi connectivity index (χ4n) is 1.02. The van der Waals surface area contributed by atoms with Crippen molar-refractivity contribution in [2.24, 2.45) is 0 Å². The van der Waals surface area contributed by atoms with Crippen molar-refractivity contribution >= 4 is 11.6 Å². The Morgan fingerprint density at radius 2 is 0.773 bits per heavy atom. The van der Waals surface area contributed by atoms with Crippen LogP contribution in [0.4, 0.5) is 0 Å². The van der Waals surface area contributed by atoms with Gasteiger partial charge in [-0.1, -0.05) is 94.5 Å². The van der Waals surface area contributed by atoms with Gasteiger partial charge in [0.1, 0.15) is 0 Å². The van der Waals surface area contributed by atoms with Crippen LogP contribution in [0.3, 0.4) is 0 Å². The van der Waals surface area contributed by atoms with Gasteiger partial charge in [0.25, 0.3) is 0 Å². The molecule has 0 radical (unpaired) electrons. The maximum atomic E-state index is 11.1. The standard InChI is InChI=1S/C10H8O2.5C2H6/c1-3-7-8(4-2)10(12)6-5-9(7)11;5*1-2/h3-6H,1-2H2;5*1-2H3. The molecule has 0 saturated heterocycles. The molecule has 0 amide bonds. The van der Waals surface area contributed by atoms with Crippen molar-refractivity contribution in [2.75, 3.05) is 0 Å². The van der Waals surface area contributed by atoms with E-state index in [0.717, 1.165) is 0 Å². The van der Waals surface area contributed by atoms with Crippen molar-refractivity contribution in [2.45, 2.75) is 69.2 Å². The smallest absolute Gasteiger partial charge is 0.186 e. The van der Waals surface area contributed by atoms with E-state index >= 15 is 0 Å². The Balaban J connectivity index is -0.0000000822. The van der Waals surface area contributed by atoms with Gasteiger partial charge in [0.2, 0.25) is 0 Å². The molecule has 0 fully saturated rings. The summed E-state index contributed by atoms with van der Waals surface area (Å²) >= 11 is 0. The van der Waals surface area contributed by atoms with Crippen LogP contribution in [0, 0.1) is 0 Å². The average Bonchev–Trinajstić information content (AvgIpc) is 2.65. The number of carbonyl (C=O) groups excluding carboxylic acids is 2. The molecule has 2 heteroatoms.